The highest BCUT2D eigenvalue weighted by atomic mass is 16.7. The Balaban J connectivity index is 2.71. The molecule has 0 aliphatic carbocycles. The minimum Gasteiger partial charge on any atom is -0.394 e. The Morgan fingerprint density at radius 3 is 1.84 bits per heavy atom. The van der Waals surface area contributed by atoms with Crippen LogP contribution < -0.4 is 0 Å². The lowest BCUT2D eigenvalue weighted by atomic mass is 9.88. The van der Waals surface area contributed by atoms with Crippen LogP contribution in [0.1, 0.15) is 0 Å². The molecule has 1 heterocycles. The van der Waals surface area contributed by atoms with E-state index in [9.17, 15) is 46.0 Å². The molecule has 0 aromatic rings. The predicted molar refractivity (Wildman–Crippen MR) is 76.9 cm³/mol. The largest absolute Gasteiger partial charge is 0.394 e. The van der Waals surface area contributed by atoms with E-state index in [1.54, 1.807) is 0 Å². The fourth-order valence-corrected chi connectivity index (χ4v) is 2.33. The molecule has 12 heteroatoms. The normalized spacial score (nSPS) is 34.3. The summed E-state index contributed by atoms with van der Waals surface area (Å²) < 4.78 is 10.1. The Morgan fingerprint density at radius 1 is 0.840 bits per heavy atom. The molecule has 0 aromatic carbocycles. The smallest absolute Gasteiger partial charge is 0.187 e. The van der Waals surface area contributed by atoms with Crippen LogP contribution in [-0.2, 0) is 9.47 Å². The molecule has 1 fully saturated rings. The maximum Gasteiger partial charge on any atom is 0.187 e. The van der Waals surface area contributed by atoms with E-state index in [1.807, 2.05) is 0 Å². The Kier molecular flexibility index (Phi) is 8.53. The molecule has 1 aliphatic rings. The Hall–Kier alpha value is -0.480. The number of aliphatic hydroxyl groups is 10. The molecular weight excluding hydrogens is 348 g/mol. The molecule has 1 rings (SSSR count). The van der Waals surface area contributed by atoms with Gasteiger partial charge in [-0.1, -0.05) is 0 Å². The molecule has 10 N–H and O–H groups in total. The third kappa shape index (κ3) is 4.82. The summed E-state index contributed by atoms with van der Waals surface area (Å²) >= 11 is 0. The van der Waals surface area contributed by atoms with E-state index in [2.05, 4.69) is 0 Å². The molecule has 8 atom stereocenters. The first kappa shape index (κ1) is 22.6. The fourth-order valence-electron chi connectivity index (χ4n) is 2.33. The van der Waals surface area contributed by atoms with Crippen LogP contribution in [0.4, 0.5) is 0 Å². The molecule has 0 amide bonds. The van der Waals surface area contributed by atoms with Crippen molar-refractivity contribution in [3.05, 3.63) is 0 Å². The summed E-state index contributed by atoms with van der Waals surface area (Å²) in [5.74, 6) is 0. The Bertz CT molecular complexity index is 391. The second-order valence-corrected chi connectivity index (χ2v) is 5.93. The van der Waals surface area contributed by atoms with E-state index >= 15 is 0 Å². The maximum atomic E-state index is 9.83. The van der Waals surface area contributed by atoms with Crippen molar-refractivity contribution < 1.29 is 60.5 Å². The number of rotatable bonds is 9. The second-order valence-electron chi connectivity index (χ2n) is 5.93. The van der Waals surface area contributed by atoms with Crippen molar-refractivity contribution in [2.24, 2.45) is 0 Å². The highest BCUT2D eigenvalue weighted by Crippen LogP contribution is 2.30. The lowest BCUT2D eigenvalue weighted by Crippen LogP contribution is -2.68. The van der Waals surface area contributed by atoms with Gasteiger partial charge >= 0.3 is 0 Å². The number of ether oxygens (including phenoxy) is 2. The first-order chi connectivity index (χ1) is 11.6. The summed E-state index contributed by atoms with van der Waals surface area (Å²) in [6.07, 6.45) is -14.5. The van der Waals surface area contributed by atoms with Crippen molar-refractivity contribution in [3.8, 4) is 0 Å². The molecule has 1 saturated heterocycles. The number of aliphatic hydroxyl groups excluding tert-OH is 10. The maximum absolute atomic E-state index is 9.83. The molecule has 0 spiro atoms. The van der Waals surface area contributed by atoms with Gasteiger partial charge in [0.05, 0.1) is 26.4 Å². The third-order valence-electron chi connectivity index (χ3n) is 4.13. The minimum absolute atomic E-state index is 0.756. The molecular formula is C13H26O12. The van der Waals surface area contributed by atoms with Gasteiger partial charge in [-0.25, -0.2) is 0 Å². The molecule has 0 radical (unpaired) electrons. The van der Waals surface area contributed by atoms with Gasteiger partial charge in [-0.05, 0) is 0 Å². The molecule has 0 saturated carbocycles. The van der Waals surface area contributed by atoms with Crippen LogP contribution in [0.15, 0.2) is 0 Å². The SMILES string of the molecule is OC[C@@H](O)[C@@H](O)[C@H](O)[C@@H](O)COC1OC(CO)(CO)[C@H](O)[C@H](O)[C@H]1O. The van der Waals surface area contributed by atoms with Crippen LogP contribution in [0.3, 0.4) is 0 Å². The number of hydrogen-bond acceptors (Lipinski definition) is 12. The van der Waals surface area contributed by atoms with Gasteiger partial charge in [0.25, 0.3) is 0 Å². The van der Waals surface area contributed by atoms with E-state index in [-0.39, 0.29) is 0 Å². The quantitative estimate of drug-likeness (QED) is 0.182. The molecule has 0 aromatic heterocycles. The van der Waals surface area contributed by atoms with E-state index in [1.165, 1.54) is 0 Å². The topological polar surface area (TPSA) is 221 Å². The lowest BCUT2D eigenvalue weighted by Gasteiger charge is -2.46. The monoisotopic (exact) mass is 374 g/mol. The van der Waals surface area contributed by atoms with Crippen molar-refractivity contribution >= 4 is 0 Å². The van der Waals surface area contributed by atoms with Crippen molar-refractivity contribution in [1.29, 1.82) is 0 Å². The summed E-state index contributed by atoms with van der Waals surface area (Å²) in [7, 11) is 0. The highest BCUT2D eigenvalue weighted by molar-refractivity contribution is 5.00. The highest BCUT2D eigenvalue weighted by Gasteiger charge is 2.53. The van der Waals surface area contributed by atoms with Crippen LogP contribution in [0.25, 0.3) is 0 Å². The van der Waals surface area contributed by atoms with E-state index in [0.717, 1.165) is 0 Å². The van der Waals surface area contributed by atoms with Gasteiger partial charge in [-0.3, -0.25) is 0 Å². The molecule has 25 heavy (non-hydrogen) atoms. The third-order valence-corrected chi connectivity index (χ3v) is 4.13. The van der Waals surface area contributed by atoms with Gasteiger partial charge in [0, 0.05) is 0 Å². The average molecular weight is 374 g/mol. The van der Waals surface area contributed by atoms with E-state index in [4.69, 9.17) is 14.6 Å². The van der Waals surface area contributed by atoms with Crippen LogP contribution >= 0.6 is 0 Å². The lowest BCUT2D eigenvalue weighted by molar-refractivity contribution is -0.347. The molecule has 0 bridgehead atoms. The summed E-state index contributed by atoms with van der Waals surface area (Å²) in [6.45, 7) is -3.45. The van der Waals surface area contributed by atoms with Crippen LogP contribution in [-0.4, -0.2) is 132 Å². The van der Waals surface area contributed by atoms with Gasteiger partial charge < -0.3 is 60.5 Å². The molecule has 1 aliphatic heterocycles. The van der Waals surface area contributed by atoms with Gasteiger partial charge in [0.2, 0.25) is 0 Å². The zero-order valence-corrected chi connectivity index (χ0v) is 13.2. The van der Waals surface area contributed by atoms with Gasteiger partial charge in [-0.15, -0.1) is 0 Å². The average Bonchev–Trinajstić information content (AvgIpc) is 2.63. The van der Waals surface area contributed by atoms with Crippen molar-refractivity contribution in [3.63, 3.8) is 0 Å². The molecule has 1 unspecified atom stereocenters. The first-order valence-corrected chi connectivity index (χ1v) is 7.53. The molecule has 12 nitrogen and oxygen atoms in total. The summed E-state index contributed by atoms with van der Waals surface area (Å²) in [5.41, 5.74) is -2.03. The Labute approximate surface area is 142 Å². The van der Waals surface area contributed by atoms with E-state index < -0.39 is 81.0 Å². The van der Waals surface area contributed by atoms with Crippen molar-refractivity contribution in [2.75, 3.05) is 26.4 Å². The second kappa shape index (κ2) is 9.45. The van der Waals surface area contributed by atoms with Gasteiger partial charge in [-0.2, -0.15) is 0 Å². The standard InChI is InChI=1S/C13H26O12/c14-1-5(17)7(19)8(20)6(18)2-24-12-10(22)9(21)11(23)13(3-15,4-16)25-12/h5-12,14-23H,1-4H2/t5-,6+,7-,8-,9-,10-,11-,12?/m1/s1. The van der Waals surface area contributed by atoms with Crippen molar-refractivity contribution in [1.82, 2.24) is 0 Å². The van der Waals surface area contributed by atoms with Crippen molar-refractivity contribution in [2.45, 2.75) is 54.6 Å². The van der Waals surface area contributed by atoms with E-state index in [0.29, 0.717) is 0 Å². The molecule has 150 valence electrons. The zero-order chi connectivity index (χ0) is 19.4. The van der Waals surface area contributed by atoms with Crippen LogP contribution in [0.5, 0.6) is 0 Å². The summed E-state index contributed by atoms with van der Waals surface area (Å²) in [4.78, 5) is 0. The summed E-state index contributed by atoms with van der Waals surface area (Å²) in [6, 6.07) is 0. The minimum atomic E-state index is -2.03. The number of hydrogen-bond donors (Lipinski definition) is 10. The van der Waals surface area contributed by atoms with Gasteiger partial charge in [0.15, 0.2) is 6.29 Å². The first-order valence-electron chi connectivity index (χ1n) is 7.53. The van der Waals surface area contributed by atoms with Crippen LogP contribution in [0, 0.1) is 0 Å². The van der Waals surface area contributed by atoms with Gasteiger partial charge in [0.1, 0.15) is 48.3 Å². The summed E-state index contributed by atoms with van der Waals surface area (Å²) in [5, 5.41) is 94.8. The predicted octanol–water partition coefficient (Wildman–Crippen LogP) is -6.40. The fraction of sp³-hybridized carbons (Fsp3) is 1.00. The van der Waals surface area contributed by atoms with Crippen LogP contribution in [0.2, 0.25) is 0 Å². The Morgan fingerprint density at radius 2 is 1.36 bits per heavy atom. The zero-order valence-electron chi connectivity index (χ0n) is 13.2.